The molecule has 13 heavy (non-hydrogen) atoms. The third-order valence-corrected chi connectivity index (χ3v) is 2.08. The van der Waals surface area contributed by atoms with Gasteiger partial charge in [0.15, 0.2) is 0 Å². The molecule has 1 atom stereocenters. The molecule has 74 valence electrons. The Labute approximate surface area is 77.8 Å². The average Bonchev–Trinajstić information content (AvgIpc) is 2.50. The summed E-state index contributed by atoms with van der Waals surface area (Å²) in [4.78, 5) is 7.05. The van der Waals surface area contributed by atoms with Gasteiger partial charge in [0.2, 0.25) is 0 Å². The Bertz CT molecular complexity index is 275. The van der Waals surface area contributed by atoms with Gasteiger partial charge >= 0.3 is 0 Å². The number of aromatic nitrogens is 2. The van der Waals surface area contributed by atoms with Crippen LogP contribution in [0.3, 0.4) is 0 Å². The number of nitrogens with zero attached hydrogens (tertiary/aromatic N) is 1. The highest BCUT2D eigenvalue weighted by atomic mass is 19.1. The Hall–Kier alpha value is -0.900. The zero-order valence-corrected chi connectivity index (χ0v) is 8.48. The smallest absolute Gasteiger partial charge is 0.146 e. The van der Waals surface area contributed by atoms with E-state index in [2.05, 4.69) is 15.3 Å². The summed E-state index contributed by atoms with van der Waals surface area (Å²) < 4.78 is 13.4. The largest absolute Gasteiger partial charge is 0.342 e. The molecule has 1 aromatic heterocycles. The lowest BCUT2D eigenvalue weighted by molar-refractivity contribution is 0.215. The van der Waals surface area contributed by atoms with Gasteiger partial charge in [0.05, 0.1) is 17.9 Å². The van der Waals surface area contributed by atoms with Crippen molar-refractivity contribution < 1.29 is 4.39 Å². The van der Waals surface area contributed by atoms with Crippen LogP contribution in [0.25, 0.3) is 0 Å². The van der Waals surface area contributed by atoms with Crippen molar-refractivity contribution in [2.75, 3.05) is 7.05 Å². The average molecular weight is 185 g/mol. The van der Waals surface area contributed by atoms with Crippen molar-refractivity contribution in [3.63, 3.8) is 0 Å². The van der Waals surface area contributed by atoms with Gasteiger partial charge in [0.25, 0.3) is 0 Å². The maximum absolute atomic E-state index is 13.4. The number of hydrogen-bond donors (Lipinski definition) is 2. The van der Waals surface area contributed by atoms with Crippen LogP contribution in [-0.2, 0) is 5.67 Å². The molecular weight excluding hydrogens is 169 g/mol. The zero-order chi connectivity index (χ0) is 10.1. The number of imidazole rings is 1. The molecule has 0 saturated carbocycles. The van der Waals surface area contributed by atoms with E-state index in [1.165, 1.54) is 13.8 Å². The summed E-state index contributed by atoms with van der Waals surface area (Å²) in [5.74, 6) is 0.767. The maximum Gasteiger partial charge on any atom is 0.146 e. The fourth-order valence-electron chi connectivity index (χ4n) is 0.996. The lowest BCUT2D eigenvalue weighted by Crippen LogP contribution is -2.15. The first-order chi connectivity index (χ1) is 5.95. The van der Waals surface area contributed by atoms with Crippen molar-refractivity contribution in [3.8, 4) is 0 Å². The highest BCUT2D eigenvalue weighted by Gasteiger charge is 2.22. The van der Waals surface area contributed by atoms with Crippen molar-refractivity contribution in [3.05, 3.63) is 17.7 Å². The number of halogens is 1. The van der Waals surface area contributed by atoms with E-state index in [0.717, 1.165) is 5.82 Å². The van der Waals surface area contributed by atoms with Gasteiger partial charge in [-0.2, -0.15) is 0 Å². The molecule has 0 saturated heterocycles. The molecular formula is C9H16FN3. The molecule has 4 heteroatoms. The summed E-state index contributed by atoms with van der Waals surface area (Å²) in [6.07, 6.45) is 1.54. The molecule has 2 N–H and O–H groups in total. The SMILES string of the molecule is CNC(C)c1ncc(C(C)(C)F)[nH]1. The van der Waals surface area contributed by atoms with Crippen LogP contribution in [0.15, 0.2) is 6.20 Å². The lowest BCUT2D eigenvalue weighted by atomic mass is 10.1. The molecule has 0 radical (unpaired) electrons. The number of alkyl halides is 1. The first-order valence-corrected chi connectivity index (χ1v) is 4.36. The zero-order valence-electron chi connectivity index (χ0n) is 8.48. The van der Waals surface area contributed by atoms with Gasteiger partial charge in [-0.15, -0.1) is 0 Å². The third-order valence-electron chi connectivity index (χ3n) is 2.08. The van der Waals surface area contributed by atoms with Crippen LogP contribution in [0, 0.1) is 0 Å². The molecule has 0 aliphatic heterocycles. The van der Waals surface area contributed by atoms with Gasteiger partial charge in [-0.05, 0) is 27.8 Å². The molecule has 0 aliphatic rings. The molecule has 1 aromatic rings. The molecule has 1 rings (SSSR count). The summed E-state index contributed by atoms with van der Waals surface area (Å²) in [7, 11) is 1.84. The second-order valence-corrected chi connectivity index (χ2v) is 3.66. The topological polar surface area (TPSA) is 40.7 Å². The van der Waals surface area contributed by atoms with E-state index in [-0.39, 0.29) is 6.04 Å². The van der Waals surface area contributed by atoms with Gasteiger partial charge in [-0.3, -0.25) is 0 Å². The van der Waals surface area contributed by atoms with Gasteiger partial charge in [0.1, 0.15) is 11.5 Å². The Kier molecular flexibility index (Phi) is 2.71. The molecule has 3 nitrogen and oxygen atoms in total. The molecule has 1 heterocycles. The van der Waals surface area contributed by atoms with Crippen LogP contribution in [0.2, 0.25) is 0 Å². The summed E-state index contributed by atoms with van der Waals surface area (Å²) in [5, 5.41) is 3.03. The number of aromatic amines is 1. The number of hydrogen-bond acceptors (Lipinski definition) is 2. The summed E-state index contributed by atoms with van der Waals surface area (Å²) in [6, 6.07) is 0.121. The van der Waals surface area contributed by atoms with E-state index in [9.17, 15) is 4.39 Å². The minimum Gasteiger partial charge on any atom is -0.342 e. The van der Waals surface area contributed by atoms with Crippen LogP contribution in [0.1, 0.15) is 38.3 Å². The van der Waals surface area contributed by atoms with Crippen LogP contribution < -0.4 is 5.32 Å². The van der Waals surface area contributed by atoms with E-state index < -0.39 is 5.67 Å². The fourth-order valence-corrected chi connectivity index (χ4v) is 0.996. The second kappa shape index (κ2) is 3.46. The second-order valence-electron chi connectivity index (χ2n) is 3.66. The predicted octanol–water partition coefficient (Wildman–Crippen LogP) is 1.89. The Morgan fingerprint density at radius 3 is 2.62 bits per heavy atom. The number of rotatable bonds is 3. The van der Waals surface area contributed by atoms with E-state index >= 15 is 0 Å². The first kappa shape index (κ1) is 10.2. The van der Waals surface area contributed by atoms with E-state index in [0.29, 0.717) is 5.69 Å². The lowest BCUT2D eigenvalue weighted by Gasteiger charge is -2.11. The van der Waals surface area contributed by atoms with Crippen molar-refractivity contribution in [1.82, 2.24) is 15.3 Å². The van der Waals surface area contributed by atoms with Gasteiger partial charge in [0, 0.05) is 0 Å². The van der Waals surface area contributed by atoms with E-state index in [1.807, 2.05) is 14.0 Å². The van der Waals surface area contributed by atoms with E-state index in [1.54, 1.807) is 6.20 Å². The highest BCUT2D eigenvalue weighted by molar-refractivity contribution is 5.10. The molecule has 0 amide bonds. The standard InChI is InChI=1S/C9H16FN3/c1-6(11-4)8-12-5-7(13-8)9(2,3)10/h5-6,11H,1-4H3,(H,12,13). The van der Waals surface area contributed by atoms with Crippen LogP contribution in [0.4, 0.5) is 4.39 Å². The minimum absolute atomic E-state index is 0.121. The third kappa shape index (κ3) is 2.28. The highest BCUT2D eigenvalue weighted by Crippen LogP contribution is 2.23. The Morgan fingerprint density at radius 2 is 2.23 bits per heavy atom. The van der Waals surface area contributed by atoms with Crippen molar-refractivity contribution in [2.45, 2.75) is 32.5 Å². The summed E-state index contributed by atoms with van der Waals surface area (Å²) >= 11 is 0. The predicted molar refractivity (Wildman–Crippen MR) is 50.2 cm³/mol. The number of nitrogens with one attached hydrogen (secondary N) is 2. The minimum atomic E-state index is -1.35. The summed E-state index contributed by atoms with van der Waals surface area (Å²) in [5.41, 5.74) is -0.830. The molecule has 0 aromatic carbocycles. The Balaban J connectivity index is 2.87. The maximum atomic E-state index is 13.4. The quantitative estimate of drug-likeness (QED) is 0.755. The van der Waals surface area contributed by atoms with Crippen LogP contribution in [-0.4, -0.2) is 17.0 Å². The summed E-state index contributed by atoms with van der Waals surface area (Å²) in [6.45, 7) is 4.98. The normalized spacial score (nSPS) is 14.5. The van der Waals surface area contributed by atoms with Crippen molar-refractivity contribution >= 4 is 0 Å². The Morgan fingerprint density at radius 1 is 1.62 bits per heavy atom. The monoisotopic (exact) mass is 185 g/mol. The number of H-pyrrole nitrogens is 1. The molecule has 0 bridgehead atoms. The van der Waals surface area contributed by atoms with Crippen molar-refractivity contribution in [1.29, 1.82) is 0 Å². The van der Waals surface area contributed by atoms with Crippen LogP contribution in [0.5, 0.6) is 0 Å². The van der Waals surface area contributed by atoms with Gasteiger partial charge in [-0.1, -0.05) is 0 Å². The first-order valence-electron chi connectivity index (χ1n) is 4.36. The van der Waals surface area contributed by atoms with Crippen molar-refractivity contribution in [2.24, 2.45) is 0 Å². The van der Waals surface area contributed by atoms with Crippen LogP contribution >= 0.6 is 0 Å². The van der Waals surface area contributed by atoms with Gasteiger partial charge in [-0.25, -0.2) is 9.37 Å². The molecule has 1 unspecified atom stereocenters. The van der Waals surface area contributed by atoms with Gasteiger partial charge < -0.3 is 10.3 Å². The fraction of sp³-hybridized carbons (Fsp3) is 0.667. The molecule has 0 spiro atoms. The molecule has 0 fully saturated rings. The van der Waals surface area contributed by atoms with E-state index in [4.69, 9.17) is 0 Å². The molecule has 0 aliphatic carbocycles.